The summed E-state index contributed by atoms with van der Waals surface area (Å²) in [7, 11) is 0. The molecule has 7 heteroatoms. The standard InChI is InChI=1S/C24H22ClFN4O/c25-18-3-1-17(2-4-18)21-13-16(7-10-27-21)15-29-11-8-20(9-12-29)30-23-6-5-19(26)14-22(23)28-24(30)31/h1-7,10,13-14,20H,8-9,11-12,15H2,(H,28,31). The van der Waals surface area contributed by atoms with Crippen molar-refractivity contribution in [2.24, 2.45) is 0 Å². The zero-order chi connectivity index (χ0) is 21.4. The number of nitrogens with zero attached hydrogens (tertiary/aromatic N) is 3. The average Bonchev–Trinajstić information content (AvgIpc) is 3.10. The summed E-state index contributed by atoms with van der Waals surface area (Å²) in [6.45, 7) is 2.62. The van der Waals surface area contributed by atoms with Crippen LogP contribution in [-0.4, -0.2) is 32.5 Å². The van der Waals surface area contributed by atoms with Crippen LogP contribution in [0.4, 0.5) is 4.39 Å². The Hall–Kier alpha value is -2.96. The third-order valence-electron chi connectivity index (χ3n) is 5.97. The molecule has 1 saturated heterocycles. The quantitative estimate of drug-likeness (QED) is 0.488. The lowest BCUT2D eigenvalue weighted by molar-refractivity contribution is 0.180. The van der Waals surface area contributed by atoms with Crippen LogP contribution >= 0.6 is 11.6 Å². The number of halogens is 2. The molecule has 1 aliphatic rings. The van der Waals surface area contributed by atoms with Crippen LogP contribution in [0.15, 0.2) is 65.6 Å². The van der Waals surface area contributed by atoms with Crippen molar-refractivity contribution in [1.29, 1.82) is 0 Å². The highest BCUT2D eigenvalue weighted by Crippen LogP contribution is 2.27. The molecule has 0 saturated carbocycles. The van der Waals surface area contributed by atoms with Crippen molar-refractivity contribution in [3.05, 3.63) is 87.7 Å². The fourth-order valence-electron chi connectivity index (χ4n) is 4.41. The van der Waals surface area contributed by atoms with Gasteiger partial charge >= 0.3 is 5.69 Å². The highest BCUT2D eigenvalue weighted by molar-refractivity contribution is 6.30. The highest BCUT2D eigenvalue weighted by Gasteiger charge is 2.23. The summed E-state index contributed by atoms with van der Waals surface area (Å²) in [4.78, 5) is 22.1. The summed E-state index contributed by atoms with van der Waals surface area (Å²) >= 11 is 5.99. The third-order valence-corrected chi connectivity index (χ3v) is 6.22. The van der Waals surface area contributed by atoms with Gasteiger partial charge in [-0.05, 0) is 60.9 Å². The predicted molar refractivity (Wildman–Crippen MR) is 121 cm³/mol. The molecule has 2 aromatic carbocycles. The molecule has 4 aromatic rings. The zero-order valence-electron chi connectivity index (χ0n) is 16.9. The van der Waals surface area contributed by atoms with Crippen molar-refractivity contribution in [2.45, 2.75) is 25.4 Å². The van der Waals surface area contributed by atoms with Crippen molar-refractivity contribution >= 4 is 22.6 Å². The number of hydrogen-bond acceptors (Lipinski definition) is 3. The lowest BCUT2D eigenvalue weighted by Crippen LogP contribution is -2.36. The van der Waals surface area contributed by atoms with Gasteiger partial charge in [-0.2, -0.15) is 0 Å². The average molecular weight is 437 g/mol. The van der Waals surface area contributed by atoms with Crippen LogP contribution in [0.25, 0.3) is 22.3 Å². The molecule has 1 fully saturated rings. The fourth-order valence-corrected chi connectivity index (χ4v) is 4.54. The third kappa shape index (κ3) is 4.13. The van der Waals surface area contributed by atoms with Crippen LogP contribution in [0, 0.1) is 5.82 Å². The summed E-state index contributed by atoms with van der Waals surface area (Å²) in [5.41, 5.74) is 4.34. The first-order valence-electron chi connectivity index (χ1n) is 10.4. The summed E-state index contributed by atoms with van der Waals surface area (Å²) < 4.78 is 15.3. The number of imidazole rings is 1. The van der Waals surface area contributed by atoms with E-state index in [-0.39, 0.29) is 17.5 Å². The summed E-state index contributed by atoms with van der Waals surface area (Å²) in [5, 5.41) is 0.710. The molecule has 0 aliphatic carbocycles. The van der Waals surface area contributed by atoms with E-state index in [9.17, 15) is 9.18 Å². The van der Waals surface area contributed by atoms with Crippen LogP contribution in [0.3, 0.4) is 0 Å². The van der Waals surface area contributed by atoms with E-state index >= 15 is 0 Å². The van der Waals surface area contributed by atoms with E-state index in [1.54, 1.807) is 10.6 Å². The van der Waals surface area contributed by atoms with Gasteiger partial charge in [-0.25, -0.2) is 9.18 Å². The molecule has 5 nitrogen and oxygen atoms in total. The minimum atomic E-state index is -0.342. The Kier molecular flexibility index (Phi) is 5.34. The molecule has 1 N–H and O–H groups in total. The highest BCUT2D eigenvalue weighted by atomic mass is 35.5. The van der Waals surface area contributed by atoms with E-state index in [4.69, 9.17) is 11.6 Å². The van der Waals surface area contributed by atoms with E-state index in [2.05, 4.69) is 20.9 Å². The molecule has 31 heavy (non-hydrogen) atoms. The van der Waals surface area contributed by atoms with Gasteiger partial charge in [-0.1, -0.05) is 23.7 Å². The van der Waals surface area contributed by atoms with Crippen molar-refractivity contribution in [1.82, 2.24) is 19.4 Å². The smallest absolute Gasteiger partial charge is 0.305 e. The second-order valence-corrected chi connectivity index (χ2v) is 8.46. The van der Waals surface area contributed by atoms with Gasteiger partial charge < -0.3 is 4.98 Å². The fraction of sp³-hybridized carbons (Fsp3) is 0.250. The summed E-state index contributed by atoms with van der Waals surface area (Å²) in [6, 6.07) is 16.4. The first-order valence-corrected chi connectivity index (χ1v) is 10.8. The Labute approximate surface area is 184 Å². The monoisotopic (exact) mass is 436 g/mol. The van der Waals surface area contributed by atoms with Gasteiger partial charge in [0.25, 0.3) is 0 Å². The van der Waals surface area contributed by atoms with E-state index in [0.717, 1.165) is 49.2 Å². The number of likely N-dealkylation sites (tertiary alicyclic amines) is 1. The molecule has 0 amide bonds. The van der Waals surface area contributed by atoms with Gasteiger partial charge in [0, 0.05) is 42.5 Å². The number of aromatic nitrogens is 3. The Morgan fingerprint density at radius 3 is 2.61 bits per heavy atom. The van der Waals surface area contributed by atoms with Gasteiger partial charge in [0.05, 0.1) is 16.7 Å². The van der Waals surface area contributed by atoms with Crippen LogP contribution in [-0.2, 0) is 6.54 Å². The molecule has 0 unspecified atom stereocenters. The first kappa shape index (κ1) is 20.0. The maximum atomic E-state index is 13.5. The molecule has 0 atom stereocenters. The molecule has 0 spiro atoms. The van der Waals surface area contributed by atoms with Gasteiger partial charge in [0.15, 0.2) is 0 Å². The lowest BCUT2D eigenvalue weighted by Gasteiger charge is -2.32. The van der Waals surface area contributed by atoms with Crippen LogP contribution in [0.5, 0.6) is 0 Å². The predicted octanol–water partition coefficient (Wildman–Crippen LogP) is 5.02. The maximum Gasteiger partial charge on any atom is 0.326 e. The Bertz CT molecular complexity index is 1270. The maximum absolute atomic E-state index is 13.5. The Morgan fingerprint density at radius 1 is 1.06 bits per heavy atom. The van der Waals surface area contributed by atoms with Crippen molar-refractivity contribution in [3.8, 4) is 11.3 Å². The Balaban J connectivity index is 1.28. The van der Waals surface area contributed by atoms with Gasteiger partial charge in [-0.3, -0.25) is 14.5 Å². The number of hydrogen-bond donors (Lipinski definition) is 1. The number of pyridine rings is 1. The summed E-state index contributed by atoms with van der Waals surface area (Å²) in [6.07, 6.45) is 3.59. The number of nitrogens with one attached hydrogen (secondary N) is 1. The Morgan fingerprint density at radius 2 is 1.84 bits per heavy atom. The van der Waals surface area contributed by atoms with E-state index in [1.165, 1.54) is 17.7 Å². The molecule has 158 valence electrons. The number of piperidine rings is 1. The van der Waals surface area contributed by atoms with Crippen LogP contribution in [0.2, 0.25) is 5.02 Å². The van der Waals surface area contributed by atoms with E-state index in [0.29, 0.717) is 10.5 Å². The molecular formula is C24H22ClFN4O. The molecule has 5 rings (SSSR count). The second kappa shape index (κ2) is 8.29. The topological polar surface area (TPSA) is 53.9 Å². The minimum Gasteiger partial charge on any atom is -0.305 e. The van der Waals surface area contributed by atoms with Crippen molar-refractivity contribution in [3.63, 3.8) is 0 Å². The van der Waals surface area contributed by atoms with Gasteiger partial charge in [0.2, 0.25) is 0 Å². The van der Waals surface area contributed by atoms with Gasteiger partial charge in [-0.15, -0.1) is 0 Å². The van der Waals surface area contributed by atoms with Crippen molar-refractivity contribution < 1.29 is 4.39 Å². The summed E-state index contributed by atoms with van der Waals surface area (Å²) in [5.74, 6) is -0.342. The van der Waals surface area contributed by atoms with E-state index < -0.39 is 0 Å². The van der Waals surface area contributed by atoms with E-state index in [1.807, 2.05) is 36.5 Å². The molecule has 0 bridgehead atoms. The normalized spacial score (nSPS) is 15.5. The minimum absolute atomic E-state index is 0.116. The number of benzene rings is 2. The molecule has 3 heterocycles. The number of aromatic amines is 1. The number of rotatable bonds is 4. The van der Waals surface area contributed by atoms with Crippen LogP contribution in [0.1, 0.15) is 24.4 Å². The zero-order valence-corrected chi connectivity index (χ0v) is 17.6. The number of fused-ring (bicyclic) bond motifs is 1. The van der Waals surface area contributed by atoms with Gasteiger partial charge in [0.1, 0.15) is 5.82 Å². The first-order chi connectivity index (χ1) is 15.1. The number of H-pyrrole nitrogens is 1. The van der Waals surface area contributed by atoms with Crippen LogP contribution < -0.4 is 5.69 Å². The second-order valence-electron chi connectivity index (χ2n) is 8.03. The van der Waals surface area contributed by atoms with Crippen molar-refractivity contribution in [2.75, 3.05) is 13.1 Å². The SMILES string of the molecule is O=c1[nH]c2cc(F)ccc2n1C1CCN(Cc2ccnc(-c3ccc(Cl)cc3)c2)CC1. The molecule has 1 aliphatic heterocycles. The molecular weight excluding hydrogens is 415 g/mol. The largest absolute Gasteiger partial charge is 0.326 e. The lowest BCUT2D eigenvalue weighted by atomic mass is 10.0. The molecule has 0 radical (unpaired) electrons. The molecule has 2 aromatic heterocycles.